The number of nitrogens with zero attached hydrogens (tertiary/aromatic N) is 2. The van der Waals surface area contributed by atoms with Crippen molar-refractivity contribution in [3.05, 3.63) is 68.3 Å². The van der Waals surface area contributed by atoms with E-state index in [0.717, 1.165) is 24.3 Å². The number of carboxylic acids is 1. The molecule has 1 N–H and O–H groups in total. The number of nitro benzene ring substituents is 2. The normalized spacial score (nSPS) is 8.98. The molecular formula is C17H13ClF7K2N2NaO11. The van der Waals surface area contributed by atoms with Crippen LogP contribution in [0.15, 0.2) is 36.4 Å². The molecule has 2 rings (SSSR count). The van der Waals surface area contributed by atoms with Crippen molar-refractivity contribution < 1.29 is 210 Å². The number of ether oxygens (including phenoxy) is 1. The number of halogens is 8. The number of phenolic OH excluding ortho intramolecular Hbond substituents is 1. The maximum absolute atomic E-state index is 12.5. The van der Waals surface area contributed by atoms with Crippen LogP contribution in [0.2, 0.25) is 0 Å². The van der Waals surface area contributed by atoms with E-state index in [1.54, 1.807) is 0 Å². The molecule has 41 heavy (non-hydrogen) atoms. The van der Waals surface area contributed by atoms with Gasteiger partial charge < -0.3 is 31.3 Å². The quantitative estimate of drug-likeness (QED) is 0.0574. The average molecular weight is 692 g/mol. The molecule has 0 atom stereocenters. The van der Waals surface area contributed by atoms with Crippen molar-refractivity contribution in [3.63, 3.8) is 0 Å². The fourth-order valence-corrected chi connectivity index (χ4v) is 1.48. The van der Waals surface area contributed by atoms with Gasteiger partial charge in [0.15, 0.2) is 5.75 Å². The molecule has 2 aromatic carbocycles. The number of rotatable bonds is 6. The topological polar surface area (TPSA) is 205 Å². The third-order valence-electron chi connectivity index (χ3n) is 2.74. The summed E-state index contributed by atoms with van der Waals surface area (Å²) >= 11 is 3.87. The van der Waals surface area contributed by atoms with Gasteiger partial charge in [0.1, 0.15) is 17.6 Å². The van der Waals surface area contributed by atoms with Crippen LogP contribution in [0.4, 0.5) is 42.1 Å². The number of hydrogen-bond donors (Lipinski definition) is 1. The zero-order valence-corrected chi connectivity index (χ0v) is 29.8. The Morgan fingerprint density at radius 3 is 1.71 bits per heavy atom. The van der Waals surface area contributed by atoms with Crippen molar-refractivity contribution >= 4 is 35.4 Å². The van der Waals surface area contributed by atoms with Gasteiger partial charge in [0, 0.05) is 24.3 Å². The van der Waals surface area contributed by atoms with Crippen LogP contribution in [-0.4, -0.2) is 46.5 Å². The monoisotopic (exact) mass is 691 g/mol. The van der Waals surface area contributed by atoms with Gasteiger partial charge in [0.05, 0.1) is 18.4 Å². The van der Waals surface area contributed by atoms with E-state index in [1.807, 2.05) is 0 Å². The molecule has 0 aliphatic carbocycles. The van der Waals surface area contributed by atoms with E-state index < -0.39 is 69.5 Å². The van der Waals surface area contributed by atoms with Crippen LogP contribution in [-0.2, 0) is 14.5 Å². The Hall–Kier alpha value is -0.187. The van der Waals surface area contributed by atoms with Crippen LogP contribution in [0.5, 0.6) is 11.5 Å². The molecule has 2 aromatic rings. The van der Waals surface area contributed by atoms with Gasteiger partial charge in [-0.25, -0.2) is 8.78 Å². The first-order valence-corrected chi connectivity index (χ1v) is 8.64. The largest absolute Gasteiger partial charge is 1.00 e. The van der Waals surface area contributed by atoms with E-state index in [-0.39, 0.29) is 140 Å². The van der Waals surface area contributed by atoms with E-state index in [0.29, 0.717) is 12.1 Å². The Morgan fingerprint density at radius 2 is 1.44 bits per heavy atom. The molecule has 0 saturated carbocycles. The Bertz CT molecular complexity index is 1090. The zero-order chi connectivity index (χ0) is 31.3. The fourth-order valence-electron chi connectivity index (χ4n) is 1.48. The summed E-state index contributed by atoms with van der Waals surface area (Å²) in [6.45, 7) is -3.41. The van der Waals surface area contributed by atoms with E-state index in [1.165, 1.54) is 0 Å². The number of nitro groups is 2. The van der Waals surface area contributed by atoms with Crippen LogP contribution >= 0.6 is 11.6 Å². The zero-order valence-electron chi connectivity index (χ0n) is 22.8. The Morgan fingerprint density at radius 1 is 1.10 bits per heavy atom. The van der Waals surface area contributed by atoms with Gasteiger partial charge in [-0.05, 0) is 23.7 Å². The van der Waals surface area contributed by atoms with E-state index in [2.05, 4.69) is 21.2 Å². The average Bonchev–Trinajstić information content (AvgIpc) is 2.79. The maximum Gasteiger partial charge on any atom is 1.00 e. The van der Waals surface area contributed by atoms with Crippen LogP contribution in [0.3, 0.4) is 0 Å². The molecule has 13 nitrogen and oxygen atoms in total. The number of carbonyl (C=O) groups excluding carboxylic acids is 2. The summed E-state index contributed by atoms with van der Waals surface area (Å²) in [5, 5.41) is 42.3. The van der Waals surface area contributed by atoms with Gasteiger partial charge in [-0.15, -0.1) is 0 Å². The Balaban J connectivity index is -0.0000000806. The predicted molar refractivity (Wildman–Crippen MR) is 106 cm³/mol. The molecule has 0 fully saturated rings. The molecule has 0 aliphatic heterocycles. The van der Waals surface area contributed by atoms with Gasteiger partial charge in [-0.2, -0.15) is 17.6 Å². The molecular weight excluding hydrogens is 678 g/mol. The first-order chi connectivity index (χ1) is 17.9. The number of carbonyl (C=O) groups is 2. The van der Waals surface area contributed by atoms with Gasteiger partial charge in [0.25, 0.3) is 6.47 Å². The summed E-state index contributed by atoms with van der Waals surface area (Å²) in [5.41, 5.74) is -1.20. The van der Waals surface area contributed by atoms with Crippen molar-refractivity contribution in [2.45, 2.75) is 12.0 Å². The standard InChI is InChI=1S/C7H4F3NO3.C6H4FNO3.C2HClF2O2.CH3F.CH2O3.2K.Na.H/c8-4-1-2-5(11(12)13)6(3-4)14-7(9)10;7-4-1-2-5(8(10)11)6(9)3-4;3-2(4,5)1(6)7;1-2;2-1-4-3;;;;/h1-3,7H;1-3,9H;(H,6,7);1H3;1,3H;;;;/q;;;;;3*+1;-1/p-2/i;;;1D;;;;;. The summed E-state index contributed by atoms with van der Waals surface area (Å²) in [7, 11) is -1.00. The molecule has 0 amide bonds. The van der Waals surface area contributed by atoms with Gasteiger partial charge in [-0.3, -0.25) is 29.4 Å². The third-order valence-corrected chi connectivity index (χ3v) is 2.89. The third kappa shape index (κ3) is 28.3. The number of phenols is 1. The SMILES string of the molecule is O=C([O-])C(F)(F)Cl.O=CO[O-].O=[N+]([O-])c1ccc(F)cc1O.O=[N+]([O-])c1ccc(F)cc1OC(F)F.[2H]CF.[H-].[K+].[K+].[Na+]. The van der Waals surface area contributed by atoms with E-state index >= 15 is 0 Å². The molecule has 24 heteroatoms. The van der Waals surface area contributed by atoms with Crippen LogP contribution in [0.1, 0.15) is 2.80 Å². The fraction of sp³-hybridized carbons (Fsp3) is 0.176. The smallest absolute Gasteiger partial charge is 1.00 e. The van der Waals surface area contributed by atoms with Gasteiger partial charge >= 0.3 is 156 Å². The van der Waals surface area contributed by atoms with Crippen LogP contribution < -0.4 is 147 Å². The summed E-state index contributed by atoms with van der Waals surface area (Å²) in [6.07, 6.45) is 0. The second kappa shape index (κ2) is 29.9. The van der Waals surface area contributed by atoms with Crippen LogP contribution in [0, 0.1) is 31.9 Å². The second-order valence-corrected chi connectivity index (χ2v) is 5.59. The van der Waals surface area contributed by atoms with E-state index in [4.69, 9.17) is 26.4 Å². The summed E-state index contributed by atoms with van der Waals surface area (Å²) in [6, 6.07) is 4.59. The van der Waals surface area contributed by atoms with Crippen molar-refractivity contribution in [1.29, 1.82) is 0 Å². The molecule has 0 aromatic heterocycles. The van der Waals surface area contributed by atoms with Gasteiger partial charge in [0.2, 0.25) is 5.75 Å². The Labute approximate surface area is 339 Å². The second-order valence-electron chi connectivity index (χ2n) is 5.12. The number of aromatic hydroxyl groups is 1. The molecule has 0 bridgehead atoms. The molecule has 0 aliphatic rings. The first-order valence-electron chi connectivity index (χ1n) is 8.97. The van der Waals surface area contributed by atoms with Crippen molar-refractivity contribution in [1.82, 2.24) is 0 Å². The maximum atomic E-state index is 12.5. The number of hydrogen-bond acceptors (Lipinski definition) is 11. The van der Waals surface area contributed by atoms with Gasteiger partial charge in [-0.1, -0.05) is 0 Å². The minimum Gasteiger partial charge on any atom is -1.00 e. The van der Waals surface area contributed by atoms with E-state index in [9.17, 15) is 51.0 Å². The minimum atomic E-state index is -4.22. The molecule has 0 heterocycles. The van der Waals surface area contributed by atoms with Crippen molar-refractivity contribution in [2.24, 2.45) is 0 Å². The Kier molecular flexibility index (Phi) is 36.7. The predicted octanol–water partition coefficient (Wildman–Crippen LogP) is -6.51. The van der Waals surface area contributed by atoms with Crippen molar-refractivity contribution in [3.8, 4) is 11.5 Å². The molecule has 216 valence electrons. The van der Waals surface area contributed by atoms with Crippen molar-refractivity contribution in [2.75, 3.05) is 7.15 Å². The summed E-state index contributed by atoms with van der Waals surface area (Å²) < 4.78 is 89.4. The molecule has 0 radical (unpaired) electrons. The first kappa shape index (κ1) is 50.4. The minimum absolute atomic E-state index is 0. The molecule has 0 saturated heterocycles. The number of alkyl halides is 6. The molecule has 0 spiro atoms. The number of benzene rings is 2. The summed E-state index contributed by atoms with van der Waals surface area (Å²) in [4.78, 5) is 38.9. The molecule has 0 unspecified atom stereocenters. The summed E-state index contributed by atoms with van der Waals surface area (Å²) in [5.74, 6) is -5.60. The number of aliphatic carboxylic acids is 1. The number of carboxylic acid groups (broad SMARTS) is 1. The van der Waals surface area contributed by atoms with Crippen LogP contribution in [0.25, 0.3) is 0 Å².